The second kappa shape index (κ2) is 10.6. The van der Waals surface area contributed by atoms with Crippen LogP contribution >= 0.6 is 23.4 Å². The number of hydrogen-bond acceptors (Lipinski definition) is 5. The summed E-state index contributed by atoms with van der Waals surface area (Å²) in [5.74, 6) is 0.777. The lowest BCUT2D eigenvalue weighted by Crippen LogP contribution is -2.32. The highest BCUT2D eigenvalue weighted by Gasteiger charge is 2.35. The van der Waals surface area contributed by atoms with E-state index in [9.17, 15) is 9.59 Å². The Hall–Kier alpha value is -2.84. The molecule has 1 unspecified atom stereocenters. The van der Waals surface area contributed by atoms with Crippen molar-refractivity contribution in [3.8, 4) is 0 Å². The van der Waals surface area contributed by atoms with E-state index in [0.717, 1.165) is 35.5 Å². The Morgan fingerprint density at radius 2 is 1.97 bits per heavy atom. The van der Waals surface area contributed by atoms with Crippen LogP contribution in [0.5, 0.6) is 0 Å². The predicted molar refractivity (Wildman–Crippen MR) is 135 cm³/mol. The molecule has 1 saturated heterocycles. The van der Waals surface area contributed by atoms with Gasteiger partial charge in [-0.2, -0.15) is 0 Å². The van der Waals surface area contributed by atoms with Crippen molar-refractivity contribution in [2.45, 2.75) is 51.4 Å². The van der Waals surface area contributed by atoms with Crippen molar-refractivity contribution >= 4 is 40.9 Å². The van der Waals surface area contributed by atoms with E-state index in [1.165, 1.54) is 11.8 Å². The molecule has 1 aliphatic rings. The number of anilines is 1. The van der Waals surface area contributed by atoms with Gasteiger partial charge in [0.25, 0.3) is 5.91 Å². The monoisotopic (exact) mass is 497 g/mol. The molecular weight excluding hydrogens is 470 g/mol. The van der Waals surface area contributed by atoms with Gasteiger partial charge < -0.3 is 14.8 Å². The molecule has 4 rings (SSSR count). The highest BCUT2D eigenvalue weighted by atomic mass is 35.5. The molecular formula is C25H28ClN5O2S. The van der Waals surface area contributed by atoms with E-state index < -0.39 is 0 Å². The van der Waals surface area contributed by atoms with E-state index in [1.807, 2.05) is 60.6 Å². The van der Waals surface area contributed by atoms with Crippen LogP contribution in [0.25, 0.3) is 0 Å². The van der Waals surface area contributed by atoms with Crippen molar-refractivity contribution in [1.29, 1.82) is 0 Å². The molecule has 0 aliphatic carbocycles. The van der Waals surface area contributed by atoms with Gasteiger partial charge in [-0.3, -0.25) is 9.59 Å². The summed E-state index contributed by atoms with van der Waals surface area (Å²) in [5.41, 5.74) is 3.43. The van der Waals surface area contributed by atoms with E-state index >= 15 is 0 Å². The maximum atomic E-state index is 13.2. The van der Waals surface area contributed by atoms with Crippen molar-refractivity contribution in [3.63, 3.8) is 0 Å². The molecule has 178 valence electrons. The van der Waals surface area contributed by atoms with Crippen LogP contribution in [0.1, 0.15) is 53.1 Å². The number of hydrogen-bond donors (Lipinski definition) is 1. The number of amides is 2. The van der Waals surface area contributed by atoms with Gasteiger partial charge >= 0.3 is 0 Å². The van der Waals surface area contributed by atoms with Gasteiger partial charge in [-0.05, 0) is 62.9 Å². The molecule has 2 heterocycles. The van der Waals surface area contributed by atoms with E-state index in [2.05, 4.69) is 15.5 Å². The second-order valence-corrected chi connectivity index (χ2v) is 9.73. The summed E-state index contributed by atoms with van der Waals surface area (Å²) in [6, 6.07) is 12.9. The molecule has 1 atom stereocenters. The van der Waals surface area contributed by atoms with Gasteiger partial charge in [0, 0.05) is 18.8 Å². The first kappa shape index (κ1) is 24.3. The Morgan fingerprint density at radius 1 is 1.18 bits per heavy atom. The van der Waals surface area contributed by atoms with Crippen LogP contribution in [-0.4, -0.2) is 43.8 Å². The van der Waals surface area contributed by atoms with Crippen molar-refractivity contribution in [3.05, 3.63) is 70.0 Å². The zero-order valence-electron chi connectivity index (χ0n) is 19.5. The molecule has 9 heteroatoms. The van der Waals surface area contributed by atoms with Gasteiger partial charge in [-0.25, -0.2) is 0 Å². The molecule has 2 aromatic carbocycles. The highest BCUT2D eigenvalue weighted by Crippen LogP contribution is 2.34. The Bertz CT molecular complexity index is 1210. The molecule has 3 aromatic rings. The van der Waals surface area contributed by atoms with E-state index in [4.69, 9.17) is 11.6 Å². The summed E-state index contributed by atoms with van der Waals surface area (Å²) < 4.78 is 2.00. The number of benzene rings is 2. The zero-order chi connectivity index (χ0) is 24.2. The van der Waals surface area contributed by atoms with Crippen LogP contribution in [0.4, 0.5) is 5.69 Å². The summed E-state index contributed by atoms with van der Waals surface area (Å²) in [4.78, 5) is 27.6. The lowest BCUT2D eigenvalue weighted by atomic mass is 10.1. The smallest absolute Gasteiger partial charge is 0.255 e. The number of halogens is 1. The maximum absolute atomic E-state index is 13.2. The number of carbonyl (C=O) groups excluding carboxylic acids is 2. The van der Waals surface area contributed by atoms with Crippen molar-refractivity contribution in [1.82, 2.24) is 19.7 Å². The summed E-state index contributed by atoms with van der Waals surface area (Å²) in [5, 5.41) is 12.9. The molecule has 7 nitrogen and oxygen atoms in total. The largest absolute Gasteiger partial charge is 0.328 e. The molecule has 2 amide bonds. The van der Waals surface area contributed by atoms with Crippen molar-refractivity contribution < 1.29 is 9.59 Å². The number of thioether (sulfide) groups is 1. The fraction of sp³-hybridized carbons (Fsp3) is 0.360. The number of nitrogens with one attached hydrogen (secondary N) is 1. The molecule has 0 bridgehead atoms. The molecule has 1 aliphatic heterocycles. The van der Waals surface area contributed by atoms with Gasteiger partial charge in [0.15, 0.2) is 11.0 Å². The summed E-state index contributed by atoms with van der Waals surface area (Å²) >= 11 is 7.63. The first-order valence-electron chi connectivity index (χ1n) is 11.4. The van der Waals surface area contributed by atoms with Crippen LogP contribution < -0.4 is 5.32 Å². The minimum Gasteiger partial charge on any atom is -0.328 e. The van der Waals surface area contributed by atoms with Gasteiger partial charge in [0.05, 0.1) is 22.4 Å². The third-order valence-corrected chi connectivity index (χ3v) is 7.27. The molecule has 1 aromatic heterocycles. The van der Waals surface area contributed by atoms with Crippen LogP contribution in [-0.2, 0) is 11.3 Å². The molecule has 1 fully saturated rings. The first-order chi connectivity index (χ1) is 16.4. The number of nitrogens with zero attached hydrogens (tertiary/aromatic N) is 4. The first-order valence-corrected chi connectivity index (χ1v) is 12.7. The fourth-order valence-electron chi connectivity index (χ4n) is 4.21. The Balaban J connectivity index is 1.47. The lowest BCUT2D eigenvalue weighted by molar-refractivity contribution is -0.113. The van der Waals surface area contributed by atoms with Crippen LogP contribution in [0.15, 0.2) is 47.6 Å². The minimum absolute atomic E-state index is 0.0951. The third-order valence-electron chi connectivity index (χ3n) is 5.98. The number of carbonyl (C=O) groups is 2. The Kier molecular flexibility index (Phi) is 7.58. The third kappa shape index (κ3) is 5.13. The SMILES string of the molecule is CCn1c(SCC(=O)Nc2cc(C)ccc2C)nnc1C1CCCN1C(=O)c1ccccc1Cl. The zero-order valence-corrected chi connectivity index (χ0v) is 21.1. The summed E-state index contributed by atoms with van der Waals surface area (Å²) in [6.45, 7) is 7.28. The molecule has 0 spiro atoms. The quantitative estimate of drug-likeness (QED) is 0.449. The minimum atomic E-state index is -0.172. The normalized spacial score (nSPS) is 15.5. The highest BCUT2D eigenvalue weighted by molar-refractivity contribution is 7.99. The van der Waals surface area contributed by atoms with Crippen molar-refractivity contribution in [2.24, 2.45) is 0 Å². The van der Waals surface area contributed by atoms with E-state index in [0.29, 0.717) is 28.8 Å². The van der Waals surface area contributed by atoms with Gasteiger partial charge in [-0.15, -0.1) is 10.2 Å². The Morgan fingerprint density at radius 3 is 2.74 bits per heavy atom. The van der Waals surface area contributed by atoms with E-state index in [1.54, 1.807) is 12.1 Å². The number of aryl methyl sites for hydroxylation is 2. The van der Waals surface area contributed by atoms with Gasteiger partial charge in [-0.1, -0.05) is 47.6 Å². The average Bonchev–Trinajstić information content (AvgIpc) is 3.46. The predicted octanol–water partition coefficient (Wildman–Crippen LogP) is 5.28. The molecule has 0 saturated carbocycles. The molecule has 34 heavy (non-hydrogen) atoms. The van der Waals surface area contributed by atoms with Gasteiger partial charge in [0.2, 0.25) is 5.91 Å². The topological polar surface area (TPSA) is 80.1 Å². The molecule has 1 N–H and O–H groups in total. The maximum Gasteiger partial charge on any atom is 0.255 e. The number of rotatable bonds is 7. The summed E-state index contributed by atoms with van der Waals surface area (Å²) in [6.07, 6.45) is 1.70. The van der Waals surface area contributed by atoms with Crippen LogP contribution in [0.2, 0.25) is 5.02 Å². The Labute approximate surface area is 208 Å². The standard InChI is InChI=1S/C25H28ClN5O2S/c1-4-30-23(21-10-7-13-31(21)24(33)18-8-5-6-9-19(18)26)28-29-25(30)34-15-22(32)27-20-14-16(2)11-12-17(20)3/h5-6,8-9,11-12,14,21H,4,7,10,13,15H2,1-3H3,(H,27,32). The molecule has 0 radical (unpaired) electrons. The second-order valence-electron chi connectivity index (χ2n) is 8.38. The number of aromatic nitrogens is 3. The van der Waals surface area contributed by atoms with E-state index in [-0.39, 0.29) is 23.6 Å². The summed E-state index contributed by atoms with van der Waals surface area (Å²) in [7, 11) is 0. The fourth-order valence-corrected chi connectivity index (χ4v) is 5.23. The van der Waals surface area contributed by atoms with Crippen LogP contribution in [0, 0.1) is 13.8 Å². The average molecular weight is 498 g/mol. The van der Waals surface area contributed by atoms with Crippen molar-refractivity contribution in [2.75, 3.05) is 17.6 Å². The van der Waals surface area contributed by atoms with Gasteiger partial charge in [0.1, 0.15) is 0 Å². The van der Waals surface area contributed by atoms with Crippen LogP contribution in [0.3, 0.4) is 0 Å². The number of likely N-dealkylation sites (tertiary alicyclic amines) is 1. The lowest BCUT2D eigenvalue weighted by Gasteiger charge is -2.25.